The number of esters is 2. The Bertz CT molecular complexity index is 1180. The van der Waals surface area contributed by atoms with Crippen molar-refractivity contribution in [3.05, 3.63) is 48.9 Å². The van der Waals surface area contributed by atoms with Gasteiger partial charge in [-0.1, -0.05) is 34.5 Å². The Morgan fingerprint density at radius 2 is 1.93 bits per heavy atom. The van der Waals surface area contributed by atoms with Gasteiger partial charge in [0.2, 0.25) is 0 Å². The summed E-state index contributed by atoms with van der Waals surface area (Å²) in [6.07, 6.45) is 0. The molecule has 0 fully saturated rings. The van der Waals surface area contributed by atoms with Gasteiger partial charge < -0.3 is 14.0 Å². The van der Waals surface area contributed by atoms with E-state index in [0.29, 0.717) is 20.1 Å². The van der Waals surface area contributed by atoms with E-state index in [0.717, 1.165) is 22.7 Å². The SMILES string of the molecule is CCOC(=O)Cn1c(=NC(=O)c2cc(Cl)sc2Cl)sc2cc(C(=O)OC)ccc21. The number of amides is 1. The van der Waals surface area contributed by atoms with Crippen molar-refractivity contribution in [2.75, 3.05) is 13.7 Å². The molecular weight excluding hydrogens is 459 g/mol. The fraction of sp³-hybridized carbons (Fsp3) is 0.222. The highest BCUT2D eigenvalue weighted by Crippen LogP contribution is 2.31. The molecule has 0 radical (unpaired) electrons. The molecule has 0 saturated heterocycles. The van der Waals surface area contributed by atoms with Crippen molar-refractivity contribution in [3.8, 4) is 0 Å². The average Bonchev–Trinajstić information content (AvgIpc) is 3.19. The van der Waals surface area contributed by atoms with Crippen molar-refractivity contribution < 1.29 is 23.9 Å². The second-order valence-corrected chi connectivity index (χ2v) is 8.90. The zero-order valence-corrected chi connectivity index (χ0v) is 18.4. The third-order valence-corrected chi connectivity index (χ3v) is 6.31. The number of hydrogen-bond donors (Lipinski definition) is 0. The maximum absolute atomic E-state index is 12.6. The lowest BCUT2D eigenvalue weighted by Crippen LogP contribution is -2.23. The van der Waals surface area contributed by atoms with Gasteiger partial charge in [-0.2, -0.15) is 4.99 Å². The van der Waals surface area contributed by atoms with E-state index in [9.17, 15) is 14.4 Å². The second kappa shape index (κ2) is 9.08. The molecule has 1 amide bonds. The molecule has 0 spiro atoms. The van der Waals surface area contributed by atoms with E-state index in [4.69, 9.17) is 32.7 Å². The molecule has 2 heterocycles. The van der Waals surface area contributed by atoms with Gasteiger partial charge in [0.15, 0.2) is 4.80 Å². The molecule has 0 atom stereocenters. The molecule has 3 rings (SSSR count). The van der Waals surface area contributed by atoms with Crippen LogP contribution in [0.1, 0.15) is 27.6 Å². The molecule has 7 nitrogen and oxygen atoms in total. The lowest BCUT2D eigenvalue weighted by molar-refractivity contribution is -0.143. The van der Waals surface area contributed by atoms with Crippen LogP contribution in [0.15, 0.2) is 29.3 Å². The van der Waals surface area contributed by atoms with Crippen LogP contribution in [0.3, 0.4) is 0 Å². The van der Waals surface area contributed by atoms with Crippen molar-refractivity contribution >= 4 is 73.9 Å². The smallest absolute Gasteiger partial charge is 0.337 e. The lowest BCUT2D eigenvalue weighted by Gasteiger charge is -2.05. The third-order valence-electron chi connectivity index (χ3n) is 3.78. The highest BCUT2D eigenvalue weighted by atomic mass is 35.5. The second-order valence-electron chi connectivity index (χ2n) is 5.60. The van der Waals surface area contributed by atoms with E-state index in [1.807, 2.05) is 0 Å². The Labute approximate surface area is 183 Å². The summed E-state index contributed by atoms with van der Waals surface area (Å²) >= 11 is 14.2. The van der Waals surface area contributed by atoms with Gasteiger partial charge in [0, 0.05) is 0 Å². The molecule has 0 aliphatic carbocycles. The highest BCUT2D eigenvalue weighted by molar-refractivity contribution is 7.20. The van der Waals surface area contributed by atoms with Gasteiger partial charge >= 0.3 is 11.9 Å². The van der Waals surface area contributed by atoms with Crippen molar-refractivity contribution in [2.45, 2.75) is 13.5 Å². The van der Waals surface area contributed by atoms with E-state index >= 15 is 0 Å². The monoisotopic (exact) mass is 472 g/mol. The first kappa shape index (κ1) is 21.5. The van der Waals surface area contributed by atoms with Crippen molar-refractivity contribution in [3.63, 3.8) is 0 Å². The van der Waals surface area contributed by atoms with Crippen LogP contribution < -0.4 is 4.80 Å². The Morgan fingerprint density at radius 1 is 1.17 bits per heavy atom. The molecule has 11 heteroatoms. The summed E-state index contributed by atoms with van der Waals surface area (Å²) in [7, 11) is 1.29. The average molecular weight is 473 g/mol. The van der Waals surface area contributed by atoms with Crippen LogP contribution in [0, 0.1) is 0 Å². The zero-order chi connectivity index (χ0) is 21.1. The molecule has 29 heavy (non-hydrogen) atoms. The first-order valence-electron chi connectivity index (χ1n) is 8.25. The van der Waals surface area contributed by atoms with Crippen LogP contribution in [0.2, 0.25) is 8.67 Å². The fourth-order valence-corrected chi connectivity index (χ4v) is 5.04. The normalized spacial score (nSPS) is 11.7. The van der Waals surface area contributed by atoms with Crippen LogP contribution in [-0.4, -0.2) is 36.1 Å². The van der Waals surface area contributed by atoms with Gasteiger partial charge in [0.05, 0.1) is 39.4 Å². The largest absolute Gasteiger partial charge is 0.465 e. The number of rotatable bonds is 5. The first-order valence-corrected chi connectivity index (χ1v) is 10.6. The molecule has 152 valence electrons. The molecule has 2 aromatic heterocycles. The molecule has 0 bridgehead atoms. The minimum atomic E-state index is -0.587. The van der Waals surface area contributed by atoms with Crippen molar-refractivity contribution in [2.24, 2.45) is 4.99 Å². The van der Waals surface area contributed by atoms with E-state index < -0.39 is 17.8 Å². The summed E-state index contributed by atoms with van der Waals surface area (Å²) < 4.78 is 12.6. The number of halogens is 2. The van der Waals surface area contributed by atoms with E-state index in [2.05, 4.69) is 4.99 Å². The number of carbonyl (C=O) groups excluding carboxylic acids is 3. The van der Waals surface area contributed by atoms with Gasteiger partial charge in [-0.15, -0.1) is 11.3 Å². The fourth-order valence-electron chi connectivity index (χ4n) is 2.53. The predicted molar refractivity (Wildman–Crippen MR) is 112 cm³/mol. The number of thiazole rings is 1. The van der Waals surface area contributed by atoms with Gasteiger partial charge in [-0.05, 0) is 31.2 Å². The van der Waals surface area contributed by atoms with Crippen LogP contribution >= 0.6 is 45.9 Å². The zero-order valence-electron chi connectivity index (χ0n) is 15.2. The minimum Gasteiger partial charge on any atom is -0.465 e. The summed E-state index contributed by atoms with van der Waals surface area (Å²) in [6, 6.07) is 6.29. The molecular formula is C18H14Cl2N2O5S2. The minimum absolute atomic E-state index is 0.143. The highest BCUT2D eigenvalue weighted by Gasteiger charge is 2.17. The number of carbonyl (C=O) groups is 3. The Balaban J connectivity index is 2.14. The molecule has 0 aliphatic heterocycles. The van der Waals surface area contributed by atoms with Gasteiger partial charge in [-0.3, -0.25) is 9.59 Å². The van der Waals surface area contributed by atoms with E-state index in [1.54, 1.807) is 29.7 Å². The number of methoxy groups -OCH3 is 1. The topological polar surface area (TPSA) is 87.0 Å². The summed E-state index contributed by atoms with van der Waals surface area (Å²) in [5.74, 6) is -1.56. The number of ether oxygens (including phenoxy) is 2. The predicted octanol–water partition coefficient (Wildman–Crippen LogP) is 4.16. The number of benzene rings is 1. The van der Waals surface area contributed by atoms with Crippen LogP contribution in [0.4, 0.5) is 0 Å². The van der Waals surface area contributed by atoms with Crippen LogP contribution in [0.5, 0.6) is 0 Å². The summed E-state index contributed by atoms with van der Waals surface area (Å²) in [4.78, 5) is 40.9. The standard InChI is InChI=1S/C18H14Cl2N2O5S2/c1-3-27-14(23)8-22-11-5-4-9(17(25)26-2)6-12(11)28-18(22)21-16(24)10-7-13(19)29-15(10)20/h4-7H,3,8H2,1-2H3. The summed E-state index contributed by atoms with van der Waals surface area (Å²) in [5.41, 5.74) is 1.14. The Morgan fingerprint density at radius 3 is 2.55 bits per heavy atom. The molecule has 0 unspecified atom stereocenters. The molecule has 1 aromatic carbocycles. The van der Waals surface area contributed by atoms with Gasteiger partial charge in [0.25, 0.3) is 5.91 Å². The van der Waals surface area contributed by atoms with Crippen LogP contribution in [-0.2, 0) is 20.8 Å². The summed E-state index contributed by atoms with van der Waals surface area (Å²) in [6.45, 7) is 1.78. The van der Waals surface area contributed by atoms with Crippen molar-refractivity contribution in [1.29, 1.82) is 0 Å². The quantitative estimate of drug-likeness (QED) is 0.520. The number of thiophene rings is 1. The molecule has 0 aliphatic rings. The lowest BCUT2D eigenvalue weighted by atomic mass is 10.2. The number of fused-ring (bicyclic) bond motifs is 1. The summed E-state index contributed by atoms with van der Waals surface area (Å²) in [5, 5.41) is 0. The molecule has 0 N–H and O–H groups in total. The third kappa shape index (κ3) is 4.69. The Hall–Kier alpha value is -2.20. The van der Waals surface area contributed by atoms with Gasteiger partial charge in [0.1, 0.15) is 10.9 Å². The first-order chi connectivity index (χ1) is 13.8. The number of nitrogens with zero attached hydrogens (tertiary/aromatic N) is 2. The number of hydrogen-bond acceptors (Lipinski definition) is 7. The van der Waals surface area contributed by atoms with Crippen molar-refractivity contribution in [1.82, 2.24) is 4.57 Å². The van der Waals surface area contributed by atoms with E-state index in [1.165, 1.54) is 13.2 Å². The van der Waals surface area contributed by atoms with Crippen LogP contribution in [0.25, 0.3) is 10.2 Å². The van der Waals surface area contributed by atoms with Gasteiger partial charge in [-0.25, -0.2) is 4.79 Å². The molecule has 0 saturated carbocycles. The Kier molecular flexibility index (Phi) is 6.74. The number of aromatic nitrogens is 1. The maximum Gasteiger partial charge on any atom is 0.337 e. The molecule has 3 aromatic rings. The van der Waals surface area contributed by atoms with E-state index in [-0.39, 0.29) is 27.9 Å². The maximum atomic E-state index is 12.6.